The van der Waals surface area contributed by atoms with Crippen molar-refractivity contribution in [1.29, 1.82) is 0 Å². The summed E-state index contributed by atoms with van der Waals surface area (Å²) in [5.74, 6) is 0.875. The number of fused-ring (bicyclic) bond motifs is 1. The quantitative estimate of drug-likeness (QED) is 0.767. The van der Waals surface area contributed by atoms with Gasteiger partial charge < -0.3 is 9.84 Å². The van der Waals surface area contributed by atoms with Crippen molar-refractivity contribution in [1.82, 2.24) is 0 Å². The molecule has 1 aliphatic heterocycles. The molecule has 3 aliphatic rings. The van der Waals surface area contributed by atoms with Crippen molar-refractivity contribution in [2.45, 2.75) is 88.9 Å². The van der Waals surface area contributed by atoms with E-state index in [2.05, 4.69) is 6.92 Å². The molecule has 104 valence electrons. The van der Waals surface area contributed by atoms with E-state index in [1.54, 1.807) is 0 Å². The van der Waals surface area contributed by atoms with Crippen LogP contribution in [0.4, 0.5) is 0 Å². The Balaban J connectivity index is 1.54. The van der Waals surface area contributed by atoms with Crippen LogP contribution >= 0.6 is 0 Å². The largest absolute Gasteiger partial charge is 0.363 e. The molecule has 0 aromatic carbocycles. The number of ether oxygens (including phenoxy) is 1. The Labute approximate surface area is 111 Å². The van der Waals surface area contributed by atoms with E-state index >= 15 is 0 Å². The standard InChI is InChI=1S/C16H28O2/c1-2-3-6-13-7-9-14(10-8-13)15-11-4-5-12-16(15,17)18-15/h13-14,17H,2-12H2,1H3. The minimum atomic E-state index is -0.716. The fourth-order valence-electron chi connectivity index (χ4n) is 4.55. The lowest BCUT2D eigenvalue weighted by molar-refractivity contribution is 0.0210. The van der Waals surface area contributed by atoms with E-state index in [4.69, 9.17) is 4.74 Å². The van der Waals surface area contributed by atoms with Crippen LogP contribution in [0.3, 0.4) is 0 Å². The van der Waals surface area contributed by atoms with Gasteiger partial charge in [0, 0.05) is 6.42 Å². The Hall–Kier alpha value is -0.0800. The Morgan fingerprint density at radius 2 is 1.83 bits per heavy atom. The third kappa shape index (κ3) is 2.02. The fraction of sp³-hybridized carbons (Fsp3) is 1.00. The number of aliphatic hydroxyl groups is 1. The van der Waals surface area contributed by atoms with Gasteiger partial charge in [-0.1, -0.05) is 45.4 Å². The van der Waals surface area contributed by atoms with Crippen molar-refractivity contribution in [2.75, 3.05) is 0 Å². The summed E-state index contributed by atoms with van der Waals surface area (Å²) in [6.07, 6.45) is 13.8. The predicted octanol–water partition coefficient (Wildman–Crippen LogP) is 4.01. The zero-order valence-electron chi connectivity index (χ0n) is 11.8. The molecule has 1 N–H and O–H groups in total. The second-order valence-corrected chi connectivity index (χ2v) is 6.84. The van der Waals surface area contributed by atoms with Gasteiger partial charge in [0.05, 0.1) is 0 Å². The highest BCUT2D eigenvalue weighted by Gasteiger charge is 2.72. The molecule has 0 aromatic rings. The van der Waals surface area contributed by atoms with Crippen molar-refractivity contribution < 1.29 is 9.84 Å². The van der Waals surface area contributed by atoms with E-state index in [1.807, 2.05) is 0 Å². The smallest absolute Gasteiger partial charge is 0.196 e. The molecular formula is C16H28O2. The molecule has 2 atom stereocenters. The van der Waals surface area contributed by atoms with Gasteiger partial charge in [-0.2, -0.15) is 0 Å². The van der Waals surface area contributed by atoms with Gasteiger partial charge in [-0.3, -0.25) is 0 Å². The maximum absolute atomic E-state index is 10.4. The average molecular weight is 252 g/mol. The third-order valence-corrected chi connectivity index (χ3v) is 5.76. The molecule has 3 rings (SSSR count). The minimum absolute atomic E-state index is 0.110. The Morgan fingerprint density at radius 1 is 1.11 bits per heavy atom. The van der Waals surface area contributed by atoms with Crippen LogP contribution in [0.15, 0.2) is 0 Å². The van der Waals surface area contributed by atoms with Gasteiger partial charge in [-0.25, -0.2) is 0 Å². The number of hydrogen-bond acceptors (Lipinski definition) is 2. The highest BCUT2D eigenvalue weighted by atomic mass is 16.8. The molecule has 2 nitrogen and oxygen atoms in total. The van der Waals surface area contributed by atoms with Crippen molar-refractivity contribution in [3.8, 4) is 0 Å². The number of rotatable bonds is 4. The molecule has 0 bridgehead atoms. The highest BCUT2D eigenvalue weighted by Crippen LogP contribution is 2.62. The van der Waals surface area contributed by atoms with E-state index in [1.165, 1.54) is 51.4 Å². The molecule has 1 saturated heterocycles. The van der Waals surface area contributed by atoms with E-state index in [0.717, 1.165) is 25.2 Å². The highest BCUT2D eigenvalue weighted by molar-refractivity contribution is 5.14. The summed E-state index contributed by atoms with van der Waals surface area (Å²) in [7, 11) is 0. The monoisotopic (exact) mass is 252 g/mol. The van der Waals surface area contributed by atoms with E-state index in [9.17, 15) is 5.11 Å². The van der Waals surface area contributed by atoms with Gasteiger partial charge in [-0.15, -0.1) is 0 Å². The maximum atomic E-state index is 10.4. The van der Waals surface area contributed by atoms with Crippen LogP contribution in [0, 0.1) is 11.8 Å². The summed E-state index contributed by atoms with van der Waals surface area (Å²) in [5.41, 5.74) is -0.110. The van der Waals surface area contributed by atoms with Gasteiger partial charge in [0.1, 0.15) is 5.60 Å². The molecule has 2 heteroatoms. The summed E-state index contributed by atoms with van der Waals surface area (Å²) in [5, 5.41) is 10.4. The first-order chi connectivity index (χ1) is 8.70. The topological polar surface area (TPSA) is 32.8 Å². The first kappa shape index (κ1) is 12.9. The Morgan fingerprint density at radius 3 is 2.50 bits per heavy atom. The number of unbranched alkanes of at least 4 members (excludes halogenated alkanes) is 1. The van der Waals surface area contributed by atoms with Crippen LogP contribution in [0.25, 0.3) is 0 Å². The summed E-state index contributed by atoms with van der Waals surface area (Å²) >= 11 is 0. The molecule has 0 radical (unpaired) electrons. The Kier molecular flexibility index (Phi) is 3.44. The van der Waals surface area contributed by atoms with E-state index in [0.29, 0.717) is 5.92 Å². The summed E-state index contributed by atoms with van der Waals surface area (Å²) in [4.78, 5) is 0. The van der Waals surface area contributed by atoms with Crippen molar-refractivity contribution in [3.63, 3.8) is 0 Å². The Bertz CT molecular complexity index is 291. The molecule has 3 fully saturated rings. The molecule has 0 amide bonds. The van der Waals surface area contributed by atoms with Crippen molar-refractivity contribution in [2.24, 2.45) is 11.8 Å². The lowest BCUT2D eigenvalue weighted by atomic mass is 9.69. The van der Waals surface area contributed by atoms with Crippen molar-refractivity contribution >= 4 is 0 Å². The van der Waals surface area contributed by atoms with Crippen molar-refractivity contribution in [3.05, 3.63) is 0 Å². The van der Waals surface area contributed by atoms with Gasteiger partial charge >= 0.3 is 0 Å². The van der Waals surface area contributed by atoms with Gasteiger partial charge in [0.25, 0.3) is 0 Å². The van der Waals surface area contributed by atoms with Gasteiger partial charge in [0.15, 0.2) is 5.79 Å². The average Bonchev–Trinajstić information content (AvgIpc) is 3.04. The van der Waals surface area contributed by atoms with Gasteiger partial charge in [-0.05, 0) is 37.5 Å². The van der Waals surface area contributed by atoms with E-state index < -0.39 is 5.79 Å². The summed E-state index contributed by atoms with van der Waals surface area (Å²) in [6.45, 7) is 2.28. The predicted molar refractivity (Wildman–Crippen MR) is 72.2 cm³/mol. The first-order valence-electron chi connectivity index (χ1n) is 8.13. The molecular weight excluding hydrogens is 224 g/mol. The maximum Gasteiger partial charge on any atom is 0.196 e. The number of epoxide rings is 1. The molecule has 2 saturated carbocycles. The minimum Gasteiger partial charge on any atom is -0.363 e. The van der Waals surface area contributed by atoms with Crippen LogP contribution in [0.1, 0.15) is 77.6 Å². The third-order valence-electron chi connectivity index (χ3n) is 5.76. The second-order valence-electron chi connectivity index (χ2n) is 6.84. The summed E-state index contributed by atoms with van der Waals surface area (Å²) < 4.78 is 5.86. The van der Waals surface area contributed by atoms with Crippen LogP contribution in [0.2, 0.25) is 0 Å². The second kappa shape index (κ2) is 4.79. The zero-order chi connectivity index (χ0) is 12.6. The SMILES string of the molecule is CCCCC1CCC(C23CCCCC2(O)O3)CC1. The van der Waals surface area contributed by atoms with Crippen LogP contribution in [-0.2, 0) is 4.74 Å². The van der Waals surface area contributed by atoms with Gasteiger partial charge in [0.2, 0.25) is 0 Å². The molecule has 2 aliphatic carbocycles. The molecule has 1 heterocycles. The zero-order valence-corrected chi connectivity index (χ0v) is 11.8. The first-order valence-corrected chi connectivity index (χ1v) is 8.13. The molecule has 0 spiro atoms. The fourth-order valence-corrected chi connectivity index (χ4v) is 4.55. The van der Waals surface area contributed by atoms with E-state index in [-0.39, 0.29) is 5.60 Å². The van der Waals surface area contributed by atoms with Crippen LogP contribution in [0.5, 0.6) is 0 Å². The molecule has 18 heavy (non-hydrogen) atoms. The molecule has 2 unspecified atom stereocenters. The lowest BCUT2D eigenvalue weighted by Gasteiger charge is -2.35. The number of hydrogen-bond donors (Lipinski definition) is 1. The normalized spacial score (nSPS) is 47.7. The summed E-state index contributed by atoms with van der Waals surface area (Å²) in [6, 6.07) is 0. The lowest BCUT2D eigenvalue weighted by Crippen LogP contribution is -2.38. The van der Waals surface area contributed by atoms with Crippen LogP contribution < -0.4 is 0 Å². The van der Waals surface area contributed by atoms with Crippen LogP contribution in [-0.4, -0.2) is 16.5 Å². The molecule has 0 aromatic heterocycles.